The zero-order valence-corrected chi connectivity index (χ0v) is 14.7. The molecule has 25 heavy (non-hydrogen) atoms. The summed E-state index contributed by atoms with van der Waals surface area (Å²) in [6, 6.07) is 5.75. The van der Waals surface area contributed by atoms with E-state index in [4.69, 9.17) is 4.74 Å². The van der Waals surface area contributed by atoms with Gasteiger partial charge in [0.05, 0.1) is 18.7 Å². The highest BCUT2D eigenvalue weighted by Gasteiger charge is 2.43. The lowest BCUT2D eigenvalue weighted by Gasteiger charge is -2.19. The first-order valence-corrected chi connectivity index (χ1v) is 9.57. The molecule has 132 valence electrons. The van der Waals surface area contributed by atoms with Crippen LogP contribution in [0, 0.1) is 17.8 Å². The van der Waals surface area contributed by atoms with Crippen LogP contribution in [0.25, 0.3) is 0 Å². The van der Waals surface area contributed by atoms with Crippen molar-refractivity contribution in [1.82, 2.24) is 9.78 Å². The number of aromatic nitrogens is 2. The third kappa shape index (κ3) is 3.61. The summed E-state index contributed by atoms with van der Waals surface area (Å²) >= 11 is 1.64. The maximum Gasteiger partial charge on any atom is 0.309 e. The highest BCUT2D eigenvalue weighted by atomic mass is 32.1. The molecule has 0 aromatic carbocycles. The predicted octanol–water partition coefficient (Wildman–Crippen LogP) is 2.91. The Hall–Kier alpha value is -2.15. The minimum Gasteiger partial charge on any atom is -0.455 e. The molecule has 2 aliphatic carbocycles. The van der Waals surface area contributed by atoms with Crippen LogP contribution in [0.4, 0.5) is 5.82 Å². The van der Waals surface area contributed by atoms with Crippen LogP contribution in [-0.2, 0) is 20.9 Å². The smallest absolute Gasteiger partial charge is 0.309 e. The number of amides is 1. The first kappa shape index (κ1) is 16.3. The van der Waals surface area contributed by atoms with Crippen molar-refractivity contribution in [2.75, 3.05) is 11.9 Å². The predicted molar refractivity (Wildman–Crippen MR) is 94.2 cm³/mol. The van der Waals surface area contributed by atoms with Crippen molar-refractivity contribution in [2.45, 2.75) is 32.2 Å². The van der Waals surface area contributed by atoms with E-state index in [1.54, 1.807) is 28.3 Å². The summed E-state index contributed by atoms with van der Waals surface area (Å²) in [5.74, 6) is 1.21. The summed E-state index contributed by atoms with van der Waals surface area (Å²) in [6.45, 7) is 0.363. The van der Waals surface area contributed by atoms with Gasteiger partial charge >= 0.3 is 5.97 Å². The second kappa shape index (κ2) is 7.00. The van der Waals surface area contributed by atoms with Crippen LogP contribution in [0.5, 0.6) is 0 Å². The molecule has 0 spiro atoms. The second-order valence-corrected chi connectivity index (χ2v) is 7.92. The summed E-state index contributed by atoms with van der Waals surface area (Å²) in [5, 5.41) is 9.01. The van der Waals surface area contributed by atoms with E-state index in [-0.39, 0.29) is 24.4 Å². The fraction of sp³-hybridized carbons (Fsp3) is 0.500. The minimum atomic E-state index is -0.329. The minimum absolute atomic E-state index is 0.00379. The van der Waals surface area contributed by atoms with Crippen molar-refractivity contribution >= 4 is 29.0 Å². The molecule has 1 amide bonds. The number of rotatable bonds is 6. The molecule has 2 aromatic rings. The number of hydrogen-bond donors (Lipinski definition) is 1. The van der Waals surface area contributed by atoms with E-state index in [0.29, 0.717) is 24.2 Å². The van der Waals surface area contributed by atoms with Gasteiger partial charge in [-0.15, -0.1) is 11.3 Å². The Morgan fingerprint density at radius 3 is 2.96 bits per heavy atom. The van der Waals surface area contributed by atoms with E-state index in [2.05, 4.69) is 10.4 Å². The molecule has 2 bridgehead atoms. The average Bonchev–Trinajstić information content (AvgIpc) is 3.39. The van der Waals surface area contributed by atoms with E-state index in [9.17, 15) is 9.59 Å². The molecule has 6 nitrogen and oxygen atoms in total. The SMILES string of the molecule is O=C(COC(=O)C1CC2CCC1C2)Nc1ccnn1Cc1cccs1. The number of ether oxygens (including phenoxy) is 1. The van der Waals surface area contributed by atoms with Gasteiger partial charge in [-0.3, -0.25) is 9.59 Å². The summed E-state index contributed by atoms with van der Waals surface area (Å²) in [4.78, 5) is 25.5. The molecular weight excluding hydrogens is 338 g/mol. The number of carbonyl (C=O) groups excluding carboxylic acids is 2. The number of nitrogens with zero attached hydrogens (tertiary/aromatic N) is 2. The Morgan fingerprint density at radius 2 is 2.24 bits per heavy atom. The number of hydrogen-bond acceptors (Lipinski definition) is 5. The van der Waals surface area contributed by atoms with Crippen molar-refractivity contribution in [3.8, 4) is 0 Å². The van der Waals surface area contributed by atoms with Crippen LogP contribution in [0.15, 0.2) is 29.8 Å². The molecule has 0 saturated heterocycles. The lowest BCUT2D eigenvalue weighted by atomic mass is 9.89. The van der Waals surface area contributed by atoms with Gasteiger partial charge in [0.1, 0.15) is 5.82 Å². The van der Waals surface area contributed by atoms with Gasteiger partial charge in [0.2, 0.25) is 0 Å². The number of esters is 1. The lowest BCUT2D eigenvalue weighted by Crippen LogP contribution is -2.28. The van der Waals surface area contributed by atoms with Gasteiger partial charge in [-0.05, 0) is 42.5 Å². The first-order valence-electron chi connectivity index (χ1n) is 8.69. The van der Waals surface area contributed by atoms with Crippen LogP contribution in [0.1, 0.15) is 30.6 Å². The van der Waals surface area contributed by atoms with Crippen molar-refractivity contribution in [3.63, 3.8) is 0 Å². The fourth-order valence-corrected chi connectivity index (χ4v) is 4.76. The summed E-state index contributed by atoms with van der Waals surface area (Å²) in [5.41, 5.74) is 0. The molecule has 7 heteroatoms. The summed E-state index contributed by atoms with van der Waals surface area (Å²) in [7, 11) is 0. The van der Waals surface area contributed by atoms with Gasteiger partial charge in [-0.1, -0.05) is 12.5 Å². The summed E-state index contributed by atoms with van der Waals surface area (Å²) < 4.78 is 6.98. The Labute approximate surface area is 150 Å². The number of thiophene rings is 1. The van der Waals surface area contributed by atoms with E-state index in [0.717, 1.165) is 24.1 Å². The molecule has 2 aromatic heterocycles. The van der Waals surface area contributed by atoms with Crippen molar-refractivity contribution in [2.24, 2.45) is 17.8 Å². The van der Waals surface area contributed by atoms with Gasteiger partial charge in [0, 0.05) is 10.9 Å². The van der Waals surface area contributed by atoms with E-state index >= 15 is 0 Å². The normalized spacial score (nSPS) is 24.4. The zero-order valence-electron chi connectivity index (χ0n) is 13.9. The fourth-order valence-electron chi connectivity index (χ4n) is 4.07. The third-order valence-electron chi connectivity index (χ3n) is 5.26. The van der Waals surface area contributed by atoms with E-state index in [1.807, 2.05) is 17.5 Å². The van der Waals surface area contributed by atoms with E-state index < -0.39 is 0 Å². The molecule has 2 aliphatic rings. The third-order valence-corrected chi connectivity index (χ3v) is 6.12. The zero-order chi connectivity index (χ0) is 17.2. The topological polar surface area (TPSA) is 73.2 Å². The van der Waals surface area contributed by atoms with Crippen LogP contribution in [0.3, 0.4) is 0 Å². The van der Waals surface area contributed by atoms with Gasteiger partial charge in [-0.2, -0.15) is 5.10 Å². The Balaban J connectivity index is 1.28. The highest BCUT2D eigenvalue weighted by Crippen LogP contribution is 2.48. The molecule has 3 atom stereocenters. The Morgan fingerprint density at radius 1 is 1.32 bits per heavy atom. The van der Waals surface area contributed by atoms with Crippen molar-refractivity contribution in [1.29, 1.82) is 0 Å². The number of anilines is 1. The molecule has 2 fully saturated rings. The second-order valence-electron chi connectivity index (χ2n) is 6.89. The number of carbonyl (C=O) groups is 2. The first-order chi connectivity index (χ1) is 12.2. The summed E-state index contributed by atoms with van der Waals surface area (Å²) in [6.07, 6.45) is 6.08. The maximum absolute atomic E-state index is 12.2. The van der Waals surface area contributed by atoms with Gasteiger partial charge in [0.25, 0.3) is 5.91 Å². The lowest BCUT2D eigenvalue weighted by molar-refractivity contribution is -0.153. The van der Waals surface area contributed by atoms with Crippen LogP contribution < -0.4 is 5.32 Å². The van der Waals surface area contributed by atoms with Crippen LogP contribution >= 0.6 is 11.3 Å². The average molecular weight is 359 g/mol. The molecule has 1 N–H and O–H groups in total. The Kier molecular flexibility index (Phi) is 4.57. The van der Waals surface area contributed by atoms with Crippen LogP contribution in [-0.4, -0.2) is 28.3 Å². The number of nitrogens with one attached hydrogen (secondary N) is 1. The molecule has 4 rings (SSSR count). The molecule has 3 unspecified atom stereocenters. The van der Waals surface area contributed by atoms with Crippen molar-refractivity contribution in [3.05, 3.63) is 34.7 Å². The molecule has 2 saturated carbocycles. The quantitative estimate of drug-likeness (QED) is 0.805. The van der Waals surface area contributed by atoms with Gasteiger partial charge < -0.3 is 10.1 Å². The van der Waals surface area contributed by atoms with Crippen molar-refractivity contribution < 1.29 is 14.3 Å². The monoisotopic (exact) mass is 359 g/mol. The number of fused-ring (bicyclic) bond motifs is 2. The standard InChI is InChI=1S/C18H21N3O3S/c22-17(11-24-18(23)15-9-12-3-4-13(15)8-12)20-16-5-6-19-21(16)10-14-2-1-7-25-14/h1-2,5-7,12-13,15H,3-4,8-11H2,(H,20,22). The van der Waals surface area contributed by atoms with Gasteiger partial charge in [0.15, 0.2) is 6.61 Å². The Bertz CT molecular complexity index is 755. The molecule has 0 aliphatic heterocycles. The molecule has 0 radical (unpaired) electrons. The largest absolute Gasteiger partial charge is 0.455 e. The molecular formula is C18H21N3O3S. The van der Waals surface area contributed by atoms with Crippen LogP contribution in [0.2, 0.25) is 0 Å². The highest BCUT2D eigenvalue weighted by molar-refractivity contribution is 7.09. The van der Waals surface area contributed by atoms with Gasteiger partial charge in [-0.25, -0.2) is 4.68 Å². The molecule has 2 heterocycles. The van der Waals surface area contributed by atoms with E-state index in [1.165, 1.54) is 6.42 Å². The maximum atomic E-state index is 12.2.